The molecule has 0 aliphatic carbocycles. The minimum atomic E-state index is -1.02. The Morgan fingerprint density at radius 2 is 1.93 bits per heavy atom. The first-order valence-electron chi connectivity index (χ1n) is 9.81. The SMILES string of the molecule is CC(C)(C)OC(=O)N[C@@H](CC(=O)O)[C@@H]1CCCN(C(=O)OCc2ccccc2)C1. The van der Waals surface area contributed by atoms with Crippen LogP contribution in [0.1, 0.15) is 45.6 Å². The van der Waals surface area contributed by atoms with Crippen LogP contribution >= 0.6 is 0 Å². The van der Waals surface area contributed by atoms with Crippen LogP contribution in [0.2, 0.25) is 0 Å². The largest absolute Gasteiger partial charge is 0.481 e. The zero-order chi connectivity index (χ0) is 21.4. The Kier molecular flexibility index (Phi) is 7.87. The number of rotatable bonds is 6. The van der Waals surface area contributed by atoms with Crippen molar-refractivity contribution in [2.75, 3.05) is 13.1 Å². The molecule has 0 unspecified atom stereocenters. The van der Waals surface area contributed by atoms with Gasteiger partial charge in [-0.05, 0) is 45.1 Å². The van der Waals surface area contributed by atoms with Crippen molar-refractivity contribution in [2.24, 2.45) is 5.92 Å². The molecule has 1 aliphatic rings. The average molecular weight is 406 g/mol. The molecule has 1 fully saturated rings. The zero-order valence-electron chi connectivity index (χ0n) is 17.2. The molecule has 1 aliphatic heterocycles. The number of hydrogen-bond donors (Lipinski definition) is 2. The summed E-state index contributed by atoms with van der Waals surface area (Å²) in [6, 6.07) is 8.76. The predicted molar refractivity (Wildman–Crippen MR) is 106 cm³/mol. The maximum Gasteiger partial charge on any atom is 0.410 e. The van der Waals surface area contributed by atoms with Crippen molar-refractivity contribution in [1.29, 1.82) is 0 Å². The fraction of sp³-hybridized carbons (Fsp3) is 0.571. The number of ether oxygens (including phenoxy) is 2. The lowest BCUT2D eigenvalue weighted by Crippen LogP contribution is -2.50. The summed E-state index contributed by atoms with van der Waals surface area (Å²) in [6.07, 6.45) is 0.0713. The van der Waals surface area contributed by atoms with Gasteiger partial charge in [0.05, 0.1) is 6.42 Å². The second kappa shape index (κ2) is 10.1. The Morgan fingerprint density at radius 3 is 2.55 bits per heavy atom. The van der Waals surface area contributed by atoms with Gasteiger partial charge in [-0.25, -0.2) is 9.59 Å². The van der Waals surface area contributed by atoms with Crippen molar-refractivity contribution >= 4 is 18.2 Å². The van der Waals surface area contributed by atoms with Crippen molar-refractivity contribution in [1.82, 2.24) is 10.2 Å². The summed E-state index contributed by atoms with van der Waals surface area (Å²) >= 11 is 0. The van der Waals surface area contributed by atoms with E-state index in [1.54, 1.807) is 25.7 Å². The first-order chi connectivity index (χ1) is 13.6. The molecule has 1 heterocycles. The number of amides is 2. The van der Waals surface area contributed by atoms with Crippen LogP contribution in [0.25, 0.3) is 0 Å². The molecule has 1 saturated heterocycles. The number of hydrogen-bond acceptors (Lipinski definition) is 5. The molecule has 1 aromatic carbocycles. The standard InChI is InChI=1S/C21H30N2O6/c1-21(2,3)29-19(26)22-17(12-18(24)25)16-10-7-11-23(13-16)20(27)28-14-15-8-5-4-6-9-15/h4-6,8-9,16-17H,7,10-14H2,1-3H3,(H,22,26)(H,24,25)/t16-,17+/m1/s1. The Hall–Kier alpha value is -2.77. The van der Waals surface area contributed by atoms with Gasteiger partial charge >= 0.3 is 18.2 Å². The smallest absolute Gasteiger partial charge is 0.410 e. The van der Waals surface area contributed by atoms with E-state index in [4.69, 9.17) is 9.47 Å². The van der Waals surface area contributed by atoms with Crippen LogP contribution < -0.4 is 5.32 Å². The average Bonchev–Trinajstić information content (AvgIpc) is 2.64. The molecule has 0 radical (unpaired) electrons. The molecule has 2 N–H and O–H groups in total. The summed E-state index contributed by atoms with van der Waals surface area (Å²) in [7, 11) is 0. The van der Waals surface area contributed by atoms with Gasteiger partial charge in [0, 0.05) is 19.1 Å². The van der Waals surface area contributed by atoms with Crippen LogP contribution in [0.5, 0.6) is 0 Å². The van der Waals surface area contributed by atoms with Crippen LogP contribution in [0.4, 0.5) is 9.59 Å². The van der Waals surface area contributed by atoms with E-state index in [2.05, 4.69) is 5.32 Å². The van der Waals surface area contributed by atoms with E-state index in [-0.39, 0.29) is 18.9 Å². The van der Waals surface area contributed by atoms with E-state index >= 15 is 0 Å². The topological polar surface area (TPSA) is 105 Å². The third kappa shape index (κ3) is 8.01. The van der Waals surface area contributed by atoms with E-state index in [9.17, 15) is 19.5 Å². The van der Waals surface area contributed by atoms with E-state index in [1.165, 1.54) is 0 Å². The Morgan fingerprint density at radius 1 is 1.24 bits per heavy atom. The second-order valence-electron chi connectivity index (χ2n) is 8.24. The summed E-state index contributed by atoms with van der Waals surface area (Å²) in [5.41, 5.74) is 0.210. The van der Waals surface area contributed by atoms with Gasteiger partial charge in [-0.15, -0.1) is 0 Å². The summed E-state index contributed by atoms with van der Waals surface area (Å²) in [5, 5.41) is 11.9. The van der Waals surface area contributed by atoms with Gasteiger partial charge in [-0.3, -0.25) is 4.79 Å². The molecule has 2 rings (SSSR count). The molecular formula is C21H30N2O6. The molecule has 2 amide bonds. The summed E-state index contributed by atoms with van der Waals surface area (Å²) in [6.45, 7) is 6.25. The Labute approximate surface area is 171 Å². The van der Waals surface area contributed by atoms with Crippen LogP contribution in [0.3, 0.4) is 0 Å². The van der Waals surface area contributed by atoms with Gasteiger partial charge in [0.1, 0.15) is 12.2 Å². The maximum atomic E-state index is 12.4. The zero-order valence-corrected chi connectivity index (χ0v) is 17.2. The highest BCUT2D eigenvalue weighted by Crippen LogP contribution is 2.23. The van der Waals surface area contributed by atoms with Crippen LogP contribution in [-0.2, 0) is 20.9 Å². The number of nitrogens with zero attached hydrogens (tertiary/aromatic N) is 1. The van der Waals surface area contributed by atoms with Gasteiger partial charge in [0.25, 0.3) is 0 Å². The lowest BCUT2D eigenvalue weighted by molar-refractivity contribution is -0.138. The third-order valence-electron chi connectivity index (χ3n) is 4.59. The fourth-order valence-electron chi connectivity index (χ4n) is 3.30. The predicted octanol–water partition coefficient (Wildman–Crippen LogP) is 3.40. The van der Waals surface area contributed by atoms with Gasteiger partial charge in [-0.2, -0.15) is 0 Å². The highest BCUT2D eigenvalue weighted by atomic mass is 16.6. The first-order valence-corrected chi connectivity index (χ1v) is 9.81. The van der Waals surface area contributed by atoms with Gasteiger partial charge in [0.15, 0.2) is 0 Å². The number of alkyl carbamates (subject to hydrolysis) is 1. The molecule has 8 heteroatoms. The van der Waals surface area contributed by atoms with Crippen molar-refractivity contribution < 1.29 is 29.0 Å². The molecular weight excluding hydrogens is 376 g/mol. The summed E-state index contributed by atoms with van der Waals surface area (Å²) < 4.78 is 10.6. The number of carbonyl (C=O) groups is 3. The lowest BCUT2D eigenvalue weighted by atomic mass is 9.89. The number of benzene rings is 1. The molecule has 0 aromatic heterocycles. The minimum Gasteiger partial charge on any atom is -0.481 e. The molecule has 29 heavy (non-hydrogen) atoms. The molecule has 8 nitrogen and oxygen atoms in total. The van der Waals surface area contributed by atoms with Crippen molar-refractivity contribution in [3.63, 3.8) is 0 Å². The number of nitrogens with one attached hydrogen (secondary N) is 1. The maximum absolute atomic E-state index is 12.4. The van der Waals surface area contributed by atoms with Crippen molar-refractivity contribution in [3.8, 4) is 0 Å². The number of aliphatic carboxylic acids is 1. The Bertz CT molecular complexity index is 701. The number of likely N-dealkylation sites (tertiary alicyclic amines) is 1. The molecule has 1 aromatic rings. The molecule has 2 atom stereocenters. The lowest BCUT2D eigenvalue weighted by Gasteiger charge is -2.36. The van der Waals surface area contributed by atoms with E-state index < -0.39 is 29.8 Å². The first kappa shape index (κ1) is 22.5. The second-order valence-corrected chi connectivity index (χ2v) is 8.24. The van der Waals surface area contributed by atoms with Crippen molar-refractivity contribution in [3.05, 3.63) is 35.9 Å². The number of carboxylic acids is 1. The van der Waals surface area contributed by atoms with E-state index in [0.29, 0.717) is 25.9 Å². The molecule has 0 bridgehead atoms. The fourth-order valence-corrected chi connectivity index (χ4v) is 3.30. The normalized spacial score (nSPS) is 17.9. The van der Waals surface area contributed by atoms with Crippen LogP contribution in [0, 0.1) is 5.92 Å². The van der Waals surface area contributed by atoms with Gasteiger partial charge in [-0.1, -0.05) is 30.3 Å². The van der Waals surface area contributed by atoms with Crippen LogP contribution in [0.15, 0.2) is 30.3 Å². The van der Waals surface area contributed by atoms with Gasteiger partial charge < -0.3 is 24.8 Å². The summed E-state index contributed by atoms with van der Waals surface area (Å²) in [5.74, 6) is -1.22. The molecule has 0 spiro atoms. The monoisotopic (exact) mass is 406 g/mol. The minimum absolute atomic E-state index is 0.176. The number of carboxylic acid groups (broad SMARTS) is 1. The van der Waals surface area contributed by atoms with Gasteiger partial charge in [0.2, 0.25) is 0 Å². The Balaban J connectivity index is 1.95. The van der Waals surface area contributed by atoms with E-state index in [0.717, 1.165) is 5.56 Å². The van der Waals surface area contributed by atoms with Crippen LogP contribution in [-0.4, -0.2) is 52.9 Å². The summed E-state index contributed by atoms with van der Waals surface area (Å²) in [4.78, 5) is 37.5. The van der Waals surface area contributed by atoms with E-state index in [1.807, 2.05) is 30.3 Å². The van der Waals surface area contributed by atoms with Crippen molar-refractivity contribution in [2.45, 2.75) is 58.3 Å². The third-order valence-corrected chi connectivity index (χ3v) is 4.59. The highest BCUT2D eigenvalue weighted by Gasteiger charge is 2.33. The molecule has 160 valence electrons. The quantitative estimate of drug-likeness (QED) is 0.750. The number of piperidine rings is 1. The number of carbonyl (C=O) groups excluding carboxylic acids is 2. The highest BCUT2D eigenvalue weighted by molar-refractivity contribution is 5.72. The molecule has 0 saturated carbocycles.